The molecule has 0 bridgehead atoms. The Hall–Kier alpha value is -2.55. The van der Waals surface area contributed by atoms with Gasteiger partial charge in [-0.15, -0.1) is 0 Å². The average molecular weight is 391 g/mol. The molecule has 1 aliphatic heterocycles. The smallest absolute Gasteiger partial charge is 0.328 e. The second-order valence-electron chi connectivity index (χ2n) is 10.1. The molecule has 1 unspecified atom stereocenters. The van der Waals surface area contributed by atoms with Gasteiger partial charge in [-0.05, 0) is 71.1 Å². The van der Waals surface area contributed by atoms with Gasteiger partial charge in [0, 0.05) is 11.6 Å². The lowest BCUT2D eigenvalue weighted by Gasteiger charge is -2.42. The summed E-state index contributed by atoms with van der Waals surface area (Å²) >= 11 is 0. The van der Waals surface area contributed by atoms with Crippen molar-refractivity contribution in [2.24, 2.45) is 0 Å². The van der Waals surface area contributed by atoms with Crippen LogP contribution in [-0.4, -0.2) is 17.7 Å². The molecular weight excluding hydrogens is 360 g/mol. The van der Waals surface area contributed by atoms with Gasteiger partial charge in [-0.25, -0.2) is 4.79 Å². The number of rotatable bonds is 3. The highest BCUT2D eigenvalue weighted by Gasteiger charge is 2.41. The Balaban J connectivity index is 1.81. The molecule has 0 saturated carbocycles. The molecule has 3 heteroatoms. The molecule has 1 N–H and O–H groups in total. The Labute approximate surface area is 173 Å². The van der Waals surface area contributed by atoms with Gasteiger partial charge in [0.25, 0.3) is 0 Å². The van der Waals surface area contributed by atoms with E-state index in [0.29, 0.717) is 6.61 Å². The third-order valence-corrected chi connectivity index (χ3v) is 7.02. The van der Waals surface area contributed by atoms with E-state index in [-0.39, 0.29) is 16.2 Å². The van der Waals surface area contributed by atoms with Crippen molar-refractivity contribution in [1.82, 2.24) is 0 Å². The number of hydrogen-bond donors (Lipinski definition) is 1. The Morgan fingerprint density at radius 1 is 0.931 bits per heavy atom. The Morgan fingerprint density at radius 3 is 2.31 bits per heavy atom. The summed E-state index contributed by atoms with van der Waals surface area (Å²) in [5.74, 6) is -0.0543. The van der Waals surface area contributed by atoms with Crippen molar-refractivity contribution in [3.8, 4) is 5.75 Å². The zero-order valence-corrected chi connectivity index (χ0v) is 18.0. The van der Waals surface area contributed by atoms with E-state index in [1.807, 2.05) is 12.1 Å². The lowest BCUT2D eigenvalue weighted by atomic mass is 9.62. The predicted molar refractivity (Wildman–Crippen MR) is 117 cm³/mol. The Kier molecular flexibility index (Phi) is 4.41. The minimum absolute atomic E-state index is 0.158. The van der Waals surface area contributed by atoms with Gasteiger partial charge in [-0.1, -0.05) is 52.0 Å². The fraction of sp³-hybridized carbons (Fsp3) is 0.423. The molecule has 2 aromatic rings. The molecule has 1 aliphatic carbocycles. The van der Waals surface area contributed by atoms with Crippen LogP contribution in [0.15, 0.2) is 42.5 Å². The summed E-state index contributed by atoms with van der Waals surface area (Å²) in [6.45, 7) is 12.2. The topological polar surface area (TPSA) is 46.5 Å². The summed E-state index contributed by atoms with van der Waals surface area (Å²) in [6.07, 6.45) is 5.21. The summed E-state index contributed by atoms with van der Waals surface area (Å²) in [6, 6.07) is 12.9. The maximum Gasteiger partial charge on any atom is 0.328 e. The first-order valence-electron chi connectivity index (χ1n) is 10.4. The highest BCUT2D eigenvalue weighted by Crippen LogP contribution is 2.49. The second kappa shape index (κ2) is 6.48. The first kappa shape index (κ1) is 19.8. The molecule has 0 amide bonds. The van der Waals surface area contributed by atoms with Crippen LogP contribution in [-0.2, 0) is 21.0 Å². The van der Waals surface area contributed by atoms with Crippen molar-refractivity contribution in [3.05, 3.63) is 70.3 Å². The van der Waals surface area contributed by atoms with Crippen LogP contribution in [0.2, 0.25) is 0 Å². The summed E-state index contributed by atoms with van der Waals surface area (Å²) in [5.41, 5.74) is 6.27. The third kappa shape index (κ3) is 3.27. The summed E-state index contributed by atoms with van der Waals surface area (Å²) in [7, 11) is 0. The van der Waals surface area contributed by atoms with Crippen molar-refractivity contribution >= 4 is 12.0 Å². The standard InChI is InChI=1S/C26H30O3/c1-24(2)12-13-25(3,4)20-15-18(8-9-19(20)24)26(5)16-29-22-10-6-17(14-21(22)26)7-11-23(27)28/h6-11,14-15H,12-13,16H2,1-5H3,(H,27,28). The SMILES string of the molecule is CC1(C)CCC(C)(C)c2cc(C3(C)COc4ccc(C=CC(=O)O)cc43)ccc21. The highest BCUT2D eigenvalue weighted by atomic mass is 16.5. The number of benzene rings is 2. The van der Waals surface area contributed by atoms with Crippen molar-refractivity contribution in [2.75, 3.05) is 6.61 Å². The van der Waals surface area contributed by atoms with E-state index >= 15 is 0 Å². The molecule has 2 aliphatic rings. The monoisotopic (exact) mass is 390 g/mol. The van der Waals surface area contributed by atoms with Crippen LogP contribution >= 0.6 is 0 Å². The number of carboxylic acid groups (broad SMARTS) is 1. The molecule has 152 valence electrons. The number of carbonyl (C=O) groups is 1. The van der Waals surface area contributed by atoms with E-state index < -0.39 is 5.97 Å². The minimum Gasteiger partial charge on any atom is -0.492 e. The van der Waals surface area contributed by atoms with Crippen molar-refractivity contribution in [1.29, 1.82) is 0 Å². The van der Waals surface area contributed by atoms with Gasteiger partial charge in [0.1, 0.15) is 12.4 Å². The maximum atomic E-state index is 10.9. The lowest BCUT2D eigenvalue weighted by Crippen LogP contribution is -2.35. The van der Waals surface area contributed by atoms with Crippen LogP contribution in [0.25, 0.3) is 6.08 Å². The number of aliphatic carboxylic acids is 1. The largest absolute Gasteiger partial charge is 0.492 e. The summed E-state index contributed by atoms with van der Waals surface area (Å²) in [5, 5.41) is 8.94. The van der Waals surface area contributed by atoms with Gasteiger partial charge >= 0.3 is 5.97 Å². The normalized spacial score (nSPS) is 24.0. The number of ether oxygens (including phenoxy) is 1. The van der Waals surface area contributed by atoms with Crippen LogP contribution in [0.5, 0.6) is 5.75 Å². The fourth-order valence-electron chi connectivity index (χ4n) is 4.85. The van der Waals surface area contributed by atoms with Gasteiger partial charge in [0.15, 0.2) is 0 Å². The summed E-state index contributed by atoms with van der Waals surface area (Å²) in [4.78, 5) is 10.9. The fourth-order valence-corrected chi connectivity index (χ4v) is 4.85. The predicted octanol–water partition coefficient (Wildman–Crippen LogP) is 5.83. The van der Waals surface area contributed by atoms with E-state index in [0.717, 1.165) is 16.9 Å². The first-order chi connectivity index (χ1) is 13.5. The van der Waals surface area contributed by atoms with Gasteiger partial charge in [0.2, 0.25) is 0 Å². The van der Waals surface area contributed by atoms with Crippen LogP contribution in [0, 0.1) is 0 Å². The molecule has 0 aromatic heterocycles. The number of carboxylic acids is 1. The number of hydrogen-bond acceptors (Lipinski definition) is 2. The lowest BCUT2D eigenvalue weighted by molar-refractivity contribution is -0.131. The molecule has 29 heavy (non-hydrogen) atoms. The molecule has 0 saturated heterocycles. The van der Waals surface area contributed by atoms with Crippen molar-refractivity contribution in [2.45, 2.75) is 63.7 Å². The Morgan fingerprint density at radius 2 is 1.62 bits per heavy atom. The first-order valence-corrected chi connectivity index (χ1v) is 10.4. The average Bonchev–Trinajstić information content (AvgIpc) is 3.01. The molecule has 2 aromatic carbocycles. The second-order valence-corrected chi connectivity index (χ2v) is 10.1. The summed E-state index contributed by atoms with van der Waals surface area (Å²) < 4.78 is 6.05. The van der Waals surface area contributed by atoms with Gasteiger partial charge in [-0.3, -0.25) is 0 Å². The molecule has 0 fully saturated rings. The van der Waals surface area contributed by atoms with Gasteiger partial charge < -0.3 is 9.84 Å². The maximum absolute atomic E-state index is 10.9. The van der Waals surface area contributed by atoms with Crippen LogP contribution in [0.4, 0.5) is 0 Å². The van der Waals surface area contributed by atoms with Crippen molar-refractivity contribution in [3.63, 3.8) is 0 Å². The molecule has 0 spiro atoms. The molecule has 1 heterocycles. The van der Waals surface area contributed by atoms with E-state index in [2.05, 4.69) is 58.9 Å². The van der Waals surface area contributed by atoms with E-state index in [9.17, 15) is 4.79 Å². The highest BCUT2D eigenvalue weighted by molar-refractivity contribution is 5.85. The molecule has 0 radical (unpaired) electrons. The minimum atomic E-state index is -0.941. The van der Waals surface area contributed by atoms with Crippen LogP contribution in [0.3, 0.4) is 0 Å². The van der Waals surface area contributed by atoms with Crippen LogP contribution in [0.1, 0.15) is 75.3 Å². The number of fused-ring (bicyclic) bond motifs is 2. The zero-order valence-electron chi connectivity index (χ0n) is 18.0. The van der Waals surface area contributed by atoms with Gasteiger partial charge in [0.05, 0.1) is 5.41 Å². The molecule has 3 nitrogen and oxygen atoms in total. The molecular formula is C26H30O3. The van der Waals surface area contributed by atoms with E-state index in [1.54, 1.807) is 6.08 Å². The van der Waals surface area contributed by atoms with E-state index in [4.69, 9.17) is 9.84 Å². The zero-order chi connectivity index (χ0) is 21.0. The van der Waals surface area contributed by atoms with Crippen molar-refractivity contribution < 1.29 is 14.6 Å². The third-order valence-electron chi connectivity index (χ3n) is 7.02. The molecule has 1 atom stereocenters. The van der Waals surface area contributed by atoms with Crippen LogP contribution < -0.4 is 4.74 Å². The molecule has 4 rings (SSSR count). The Bertz CT molecular complexity index is 1010. The van der Waals surface area contributed by atoms with Gasteiger partial charge in [-0.2, -0.15) is 0 Å². The van der Waals surface area contributed by atoms with E-state index in [1.165, 1.54) is 35.6 Å². The quantitative estimate of drug-likeness (QED) is 0.671.